The molecule has 2 rings (SSSR count). The van der Waals surface area contributed by atoms with Crippen molar-refractivity contribution in [1.29, 1.82) is 0 Å². The van der Waals surface area contributed by atoms with Crippen molar-refractivity contribution in [1.82, 2.24) is 0 Å². The molecule has 0 aliphatic heterocycles. The molecule has 2 aromatic carbocycles. The van der Waals surface area contributed by atoms with Crippen LogP contribution in [0.25, 0.3) is 0 Å². The van der Waals surface area contributed by atoms with E-state index in [-0.39, 0.29) is 11.4 Å². The van der Waals surface area contributed by atoms with Crippen molar-refractivity contribution >= 4 is 11.4 Å². The zero-order valence-corrected chi connectivity index (χ0v) is 11.2. The third kappa shape index (κ3) is 3.98. The Balaban J connectivity index is 2.22. The van der Waals surface area contributed by atoms with Crippen molar-refractivity contribution in [2.45, 2.75) is 13.1 Å². The number of halogens is 3. The minimum atomic E-state index is -4.48. The molecule has 0 atom stereocenters. The largest absolute Gasteiger partial charge is 0.416 e. The summed E-state index contributed by atoms with van der Waals surface area (Å²) < 4.78 is 38.0. The van der Waals surface area contributed by atoms with Gasteiger partial charge in [0.1, 0.15) is 0 Å². The number of oxime groups is 1. The molecule has 0 amide bonds. The molecule has 0 heterocycles. The quantitative estimate of drug-likeness (QED) is 0.526. The van der Waals surface area contributed by atoms with Gasteiger partial charge in [0.15, 0.2) is 5.75 Å². The predicted octanol–water partition coefficient (Wildman–Crippen LogP) is 4.09. The number of benzene rings is 2. The summed E-state index contributed by atoms with van der Waals surface area (Å²) in [6.07, 6.45) is -4.48. The van der Waals surface area contributed by atoms with E-state index in [2.05, 4.69) is 5.16 Å². The molecule has 0 radical (unpaired) electrons. The first-order chi connectivity index (χ1) is 9.86. The van der Waals surface area contributed by atoms with Gasteiger partial charge in [0.2, 0.25) is 0 Å². The molecule has 21 heavy (non-hydrogen) atoms. The summed E-state index contributed by atoms with van der Waals surface area (Å²) in [6.45, 7) is 1.70. The molecule has 0 aliphatic carbocycles. The number of alkyl halides is 3. The molecule has 2 N–H and O–H groups in total. The zero-order chi connectivity index (χ0) is 15.5. The molecule has 0 saturated heterocycles. The van der Waals surface area contributed by atoms with Gasteiger partial charge in [0, 0.05) is 11.8 Å². The number of nitrogens with two attached hydrogens (primary N) is 1. The Morgan fingerprint density at radius 3 is 2.38 bits per heavy atom. The fourth-order valence-electron chi connectivity index (χ4n) is 1.69. The molecule has 3 nitrogen and oxygen atoms in total. The molecular formula is C15H13F3N2O. The SMILES string of the molecule is C/C(=N\Oc1cc(N)cc(C(F)(F)F)c1)c1ccccc1. The molecule has 0 unspecified atom stereocenters. The van der Waals surface area contributed by atoms with Crippen LogP contribution in [0, 0.1) is 0 Å². The lowest BCUT2D eigenvalue weighted by Crippen LogP contribution is -2.06. The molecular weight excluding hydrogens is 281 g/mol. The van der Waals surface area contributed by atoms with E-state index in [0.29, 0.717) is 5.71 Å². The fourth-order valence-corrected chi connectivity index (χ4v) is 1.69. The van der Waals surface area contributed by atoms with Crippen LogP contribution >= 0.6 is 0 Å². The van der Waals surface area contributed by atoms with Gasteiger partial charge in [0.05, 0.1) is 11.3 Å². The number of rotatable bonds is 3. The van der Waals surface area contributed by atoms with E-state index in [9.17, 15) is 13.2 Å². The number of anilines is 1. The van der Waals surface area contributed by atoms with E-state index in [4.69, 9.17) is 10.6 Å². The smallest absolute Gasteiger partial charge is 0.399 e. The average molecular weight is 294 g/mol. The maximum absolute atomic E-state index is 12.7. The van der Waals surface area contributed by atoms with Gasteiger partial charge in [0.25, 0.3) is 0 Å². The molecule has 0 spiro atoms. The van der Waals surface area contributed by atoms with Gasteiger partial charge >= 0.3 is 6.18 Å². The summed E-state index contributed by atoms with van der Waals surface area (Å²) in [6, 6.07) is 12.2. The topological polar surface area (TPSA) is 47.6 Å². The van der Waals surface area contributed by atoms with Crippen molar-refractivity contribution in [3.8, 4) is 5.75 Å². The molecule has 0 fully saturated rings. The molecule has 0 aliphatic rings. The molecule has 0 saturated carbocycles. The van der Waals surface area contributed by atoms with Crippen molar-refractivity contribution < 1.29 is 18.0 Å². The van der Waals surface area contributed by atoms with Gasteiger partial charge in [-0.3, -0.25) is 0 Å². The molecule has 2 aromatic rings. The highest BCUT2D eigenvalue weighted by Gasteiger charge is 2.31. The van der Waals surface area contributed by atoms with Gasteiger partial charge in [-0.15, -0.1) is 0 Å². The van der Waals surface area contributed by atoms with Crippen LogP contribution in [0.3, 0.4) is 0 Å². The maximum Gasteiger partial charge on any atom is 0.416 e. The van der Waals surface area contributed by atoms with Gasteiger partial charge in [-0.1, -0.05) is 35.5 Å². The van der Waals surface area contributed by atoms with Crippen molar-refractivity contribution in [2.24, 2.45) is 5.16 Å². The van der Waals surface area contributed by atoms with Crippen LogP contribution in [0.2, 0.25) is 0 Å². The van der Waals surface area contributed by atoms with Crippen LogP contribution in [0.4, 0.5) is 18.9 Å². The Hall–Kier alpha value is -2.50. The van der Waals surface area contributed by atoms with Crippen LogP contribution in [-0.2, 0) is 6.18 Å². The highest BCUT2D eigenvalue weighted by Crippen LogP contribution is 2.33. The summed E-state index contributed by atoms with van der Waals surface area (Å²) in [5.74, 6) is -0.0578. The normalized spacial score (nSPS) is 12.3. The first-order valence-corrected chi connectivity index (χ1v) is 6.11. The van der Waals surface area contributed by atoms with Crippen LogP contribution in [-0.4, -0.2) is 5.71 Å². The summed E-state index contributed by atoms with van der Waals surface area (Å²) in [5, 5.41) is 3.82. The Kier molecular flexibility index (Phi) is 4.16. The van der Waals surface area contributed by atoms with Crippen molar-refractivity contribution in [3.63, 3.8) is 0 Å². The second-order valence-corrected chi connectivity index (χ2v) is 4.42. The van der Waals surface area contributed by atoms with E-state index in [1.807, 2.05) is 30.3 Å². The third-order valence-corrected chi connectivity index (χ3v) is 2.74. The van der Waals surface area contributed by atoms with Gasteiger partial charge in [-0.25, -0.2) is 0 Å². The number of nitrogens with zero attached hydrogens (tertiary/aromatic N) is 1. The standard InChI is InChI=1S/C15H13F3N2O/c1-10(11-5-3-2-4-6-11)20-21-14-8-12(15(16,17)18)7-13(19)9-14/h2-9H,19H2,1H3/b20-10+. The van der Waals surface area contributed by atoms with Crippen LogP contribution in [0.1, 0.15) is 18.1 Å². The van der Waals surface area contributed by atoms with Crippen LogP contribution in [0.15, 0.2) is 53.7 Å². The van der Waals surface area contributed by atoms with Crippen molar-refractivity contribution in [3.05, 3.63) is 59.7 Å². The minimum Gasteiger partial charge on any atom is -0.399 e. The summed E-state index contributed by atoms with van der Waals surface area (Å²) in [4.78, 5) is 5.05. The first-order valence-electron chi connectivity index (χ1n) is 6.11. The minimum absolute atomic E-state index is 0.0348. The van der Waals surface area contributed by atoms with Crippen LogP contribution in [0.5, 0.6) is 5.75 Å². The van der Waals surface area contributed by atoms with Gasteiger partial charge in [-0.05, 0) is 24.6 Å². The summed E-state index contributed by atoms with van der Waals surface area (Å²) in [7, 11) is 0. The molecule has 0 aromatic heterocycles. The highest BCUT2D eigenvalue weighted by molar-refractivity contribution is 5.98. The summed E-state index contributed by atoms with van der Waals surface area (Å²) in [5.41, 5.74) is 5.90. The Bertz CT molecular complexity index is 652. The van der Waals surface area contributed by atoms with Gasteiger partial charge in [-0.2, -0.15) is 13.2 Å². The average Bonchev–Trinajstić information content (AvgIpc) is 2.44. The number of hydrogen-bond donors (Lipinski definition) is 1. The Morgan fingerprint density at radius 1 is 1.10 bits per heavy atom. The third-order valence-electron chi connectivity index (χ3n) is 2.74. The van der Waals surface area contributed by atoms with E-state index < -0.39 is 11.7 Å². The lowest BCUT2D eigenvalue weighted by atomic mass is 10.1. The number of nitrogen functional groups attached to an aromatic ring is 1. The van der Waals surface area contributed by atoms with Gasteiger partial charge < -0.3 is 10.6 Å². The first kappa shape index (κ1) is 14.9. The van der Waals surface area contributed by atoms with E-state index >= 15 is 0 Å². The lowest BCUT2D eigenvalue weighted by Gasteiger charge is -2.09. The van der Waals surface area contributed by atoms with E-state index in [0.717, 1.165) is 17.7 Å². The molecule has 6 heteroatoms. The fraction of sp³-hybridized carbons (Fsp3) is 0.133. The molecule has 110 valence electrons. The lowest BCUT2D eigenvalue weighted by molar-refractivity contribution is -0.137. The van der Waals surface area contributed by atoms with Crippen LogP contribution < -0.4 is 10.6 Å². The predicted molar refractivity (Wildman–Crippen MR) is 75.1 cm³/mol. The second-order valence-electron chi connectivity index (χ2n) is 4.42. The summed E-state index contributed by atoms with van der Waals surface area (Å²) >= 11 is 0. The highest BCUT2D eigenvalue weighted by atomic mass is 19.4. The van der Waals surface area contributed by atoms with Crippen molar-refractivity contribution in [2.75, 3.05) is 5.73 Å². The Labute approximate surface area is 119 Å². The Morgan fingerprint density at radius 2 is 1.76 bits per heavy atom. The monoisotopic (exact) mass is 294 g/mol. The number of hydrogen-bond acceptors (Lipinski definition) is 3. The molecule has 0 bridgehead atoms. The zero-order valence-electron chi connectivity index (χ0n) is 11.2. The second kappa shape index (κ2) is 5.87. The van der Waals surface area contributed by atoms with E-state index in [1.54, 1.807) is 6.92 Å². The maximum atomic E-state index is 12.7. The van der Waals surface area contributed by atoms with E-state index in [1.165, 1.54) is 6.07 Å².